The van der Waals surface area contributed by atoms with Gasteiger partial charge in [0.2, 0.25) is 5.91 Å². The van der Waals surface area contributed by atoms with Crippen LogP contribution in [0.4, 0.5) is 5.69 Å². The van der Waals surface area contributed by atoms with Crippen LogP contribution in [0, 0.1) is 5.92 Å². The molecule has 1 amide bonds. The van der Waals surface area contributed by atoms with Gasteiger partial charge >= 0.3 is 0 Å². The van der Waals surface area contributed by atoms with Crippen molar-refractivity contribution in [2.24, 2.45) is 5.92 Å². The predicted octanol–water partition coefficient (Wildman–Crippen LogP) is 4.59. The summed E-state index contributed by atoms with van der Waals surface area (Å²) in [5.74, 6) is 1.97. The molecular weight excluding hydrogens is 364 g/mol. The Morgan fingerprint density at radius 3 is 2.41 bits per heavy atom. The van der Waals surface area contributed by atoms with Crippen molar-refractivity contribution < 1.29 is 14.3 Å². The molecule has 5 nitrogen and oxygen atoms in total. The first kappa shape index (κ1) is 20.9. The van der Waals surface area contributed by atoms with Gasteiger partial charge in [0, 0.05) is 18.3 Å². The van der Waals surface area contributed by atoms with E-state index in [1.54, 1.807) is 20.3 Å². The average molecular weight is 395 g/mol. The van der Waals surface area contributed by atoms with Crippen molar-refractivity contribution in [2.45, 2.75) is 26.3 Å². The Bertz CT molecular complexity index is 838. The predicted molar refractivity (Wildman–Crippen MR) is 117 cm³/mol. The summed E-state index contributed by atoms with van der Waals surface area (Å²) in [5.41, 5.74) is 2.94. The van der Waals surface area contributed by atoms with Crippen LogP contribution in [0.5, 0.6) is 11.5 Å². The first-order valence-electron chi connectivity index (χ1n) is 10.1. The zero-order chi connectivity index (χ0) is 20.6. The summed E-state index contributed by atoms with van der Waals surface area (Å²) >= 11 is 0. The lowest BCUT2D eigenvalue weighted by molar-refractivity contribution is -0.111. The van der Waals surface area contributed by atoms with Crippen molar-refractivity contribution in [3.05, 3.63) is 59.7 Å². The maximum Gasteiger partial charge on any atom is 0.248 e. The molecule has 154 valence electrons. The van der Waals surface area contributed by atoms with Crippen molar-refractivity contribution in [1.82, 2.24) is 4.90 Å². The van der Waals surface area contributed by atoms with Crippen LogP contribution in [0.15, 0.2) is 48.5 Å². The Labute approximate surface area is 173 Å². The van der Waals surface area contributed by atoms with E-state index in [9.17, 15) is 4.79 Å². The summed E-state index contributed by atoms with van der Waals surface area (Å²) in [6.45, 7) is 5.63. The summed E-state index contributed by atoms with van der Waals surface area (Å²) in [4.78, 5) is 14.7. The summed E-state index contributed by atoms with van der Waals surface area (Å²) in [7, 11) is 3.19. The van der Waals surface area contributed by atoms with Crippen LogP contribution in [0.25, 0.3) is 6.08 Å². The third-order valence-electron chi connectivity index (χ3n) is 5.34. The number of ether oxygens (including phenoxy) is 2. The number of amides is 1. The molecule has 1 saturated heterocycles. The molecule has 29 heavy (non-hydrogen) atoms. The number of benzene rings is 2. The minimum Gasteiger partial charge on any atom is -0.493 e. The van der Waals surface area contributed by atoms with E-state index >= 15 is 0 Å². The van der Waals surface area contributed by atoms with Crippen LogP contribution in [-0.4, -0.2) is 38.1 Å². The second kappa shape index (κ2) is 10.1. The summed E-state index contributed by atoms with van der Waals surface area (Å²) < 4.78 is 10.5. The molecule has 1 heterocycles. The molecule has 0 aliphatic carbocycles. The van der Waals surface area contributed by atoms with Gasteiger partial charge < -0.3 is 14.8 Å². The van der Waals surface area contributed by atoms with E-state index in [1.807, 2.05) is 30.3 Å². The Morgan fingerprint density at radius 1 is 1.07 bits per heavy atom. The van der Waals surface area contributed by atoms with Gasteiger partial charge in [-0.25, -0.2) is 0 Å². The molecule has 0 spiro atoms. The van der Waals surface area contributed by atoms with E-state index in [4.69, 9.17) is 9.47 Å². The standard InChI is InChI=1S/C24H30N2O3/c1-18-12-14-26(15-13-18)17-20-4-8-21(9-5-20)25-24(27)11-7-19-6-10-22(28-2)23(16-19)29-3/h4-11,16,18H,12-15,17H2,1-3H3,(H,25,27)/b11-7+. The fraction of sp³-hybridized carbons (Fsp3) is 0.375. The van der Waals surface area contributed by atoms with E-state index in [1.165, 1.54) is 37.6 Å². The van der Waals surface area contributed by atoms with Gasteiger partial charge in [-0.1, -0.05) is 25.1 Å². The SMILES string of the molecule is COc1ccc(/C=C/C(=O)Nc2ccc(CN3CCC(C)CC3)cc2)cc1OC. The van der Waals surface area contributed by atoms with Gasteiger partial charge in [0.05, 0.1) is 14.2 Å². The largest absolute Gasteiger partial charge is 0.493 e. The molecule has 1 aliphatic heterocycles. The average Bonchev–Trinajstić information content (AvgIpc) is 2.75. The Morgan fingerprint density at radius 2 is 1.76 bits per heavy atom. The van der Waals surface area contributed by atoms with Crippen molar-refractivity contribution in [2.75, 3.05) is 32.6 Å². The second-order valence-electron chi connectivity index (χ2n) is 7.59. The lowest BCUT2D eigenvalue weighted by atomic mass is 9.99. The first-order valence-corrected chi connectivity index (χ1v) is 10.1. The van der Waals surface area contributed by atoms with E-state index in [0.717, 1.165) is 23.7 Å². The van der Waals surface area contributed by atoms with Crippen LogP contribution < -0.4 is 14.8 Å². The number of hydrogen-bond acceptors (Lipinski definition) is 4. The molecule has 3 rings (SSSR count). The van der Waals surface area contributed by atoms with Crippen molar-refractivity contribution in [3.63, 3.8) is 0 Å². The maximum atomic E-state index is 12.2. The lowest BCUT2D eigenvalue weighted by Gasteiger charge is -2.30. The molecule has 1 fully saturated rings. The molecule has 0 saturated carbocycles. The van der Waals surface area contributed by atoms with Gasteiger partial charge in [-0.05, 0) is 73.3 Å². The van der Waals surface area contributed by atoms with Gasteiger partial charge in [-0.3, -0.25) is 9.69 Å². The highest BCUT2D eigenvalue weighted by atomic mass is 16.5. The number of methoxy groups -OCH3 is 2. The minimum atomic E-state index is -0.169. The number of piperidine rings is 1. The number of nitrogens with one attached hydrogen (secondary N) is 1. The van der Waals surface area contributed by atoms with Gasteiger partial charge in [0.1, 0.15) is 0 Å². The molecule has 1 aliphatic rings. The zero-order valence-corrected chi connectivity index (χ0v) is 17.5. The monoisotopic (exact) mass is 394 g/mol. The molecule has 0 radical (unpaired) electrons. The first-order chi connectivity index (χ1) is 14.1. The molecule has 2 aromatic rings. The number of anilines is 1. The number of hydrogen-bond donors (Lipinski definition) is 1. The molecule has 0 atom stereocenters. The van der Waals surface area contributed by atoms with E-state index in [0.29, 0.717) is 11.5 Å². The summed E-state index contributed by atoms with van der Waals surface area (Å²) in [6.07, 6.45) is 5.83. The molecule has 5 heteroatoms. The highest BCUT2D eigenvalue weighted by molar-refractivity contribution is 6.01. The normalized spacial score (nSPS) is 15.4. The fourth-order valence-electron chi connectivity index (χ4n) is 3.48. The number of rotatable bonds is 7. The topological polar surface area (TPSA) is 50.8 Å². The van der Waals surface area contributed by atoms with Crippen molar-refractivity contribution in [1.29, 1.82) is 0 Å². The van der Waals surface area contributed by atoms with Gasteiger partial charge in [-0.15, -0.1) is 0 Å². The molecular formula is C24H30N2O3. The number of carbonyl (C=O) groups is 1. The highest BCUT2D eigenvalue weighted by Gasteiger charge is 2.15. The van der Waals surface area contributed by atoms with Crippen LogP contribution in [0.2, 0.25) is 0 Å². The van der Waals surface area contributed by atoms with Gasteiger partial charge in [0.15, 0.2) is 11.5 Å². The van der Waals surface area contributed by atoms with E-state index in [2.05, 4.69) is 29.3 Å². The smallest absolute Gasteiger partial charge is 0.248 e. The van der Waals surface area contributed by atoms with Crippen molar-refractivity contribution in [3.8, 4) is 11.5 Å². The lowest BCUT2D eigenvalue weighted by Crippen LogP contribution is -2.32. The fourth-order valence-corrected chi connectivity index (χ4v) is 3.48. The number of carbonyl (C=O) groups excluding carboxylic acids is 1. The zero-order valence-electron chi connectivity index (χ0n) is 17.5. The Kier molecular flexibility index (Phi) is 7.30. The maximum absolute atomic E-state index is 12.2. The van der Waals surface area contributed by atoms with E-state index < -0.39 is 0 Å². The second-order valence-corrected chi connectivity index (χ2v) is 7.59. The number of likely N-dealkylation sites (tertiary alicyclic amines) is 1. The van der Waals surface area contributed by atoms with Crippen LogP contribution in [-0.2, 0) is 11.3 Å². The third-order valence-corrected chi connectivity index (χ3v) is 5.34. The quantitative estimate of drug-likeness (QED) is 0.698. The van der Waals surface area contributed by atoms with Crippen LogP contribution in [0.1, 0.15) is 30.9 Å². The van der Waals surface area contributed by atoms with Crippen molar-refractivity contribution >= 4 is 17.7 Å². The molecule has 0 bridgehead atoms. The van der Waals surface area contributed by atoms with Gasteiger partial charge in [0.25, 0.3) is 0 Å². The Balaban J connectivity index is 1.53. The van der Waals surface area contributed by atoms with Crippen LogP contribution >= 0.6 is 0 Å². The minimum absolute atomic E-state index is 0.169. The molecule has 0 unspecified atom stereocenters. The summed E-state index contributed by atoms with van der Waals surface area (Å²) in [6, 6.07) is 13.6. The number of nitrogens with zero attached hydrogens (tertiary/aromatic N) is 1. The highest BCUT2D eigenvalue weighted by Crippen LogP contribution is 2.28. The van der Waals surface area contributed by atoms with E-state index in [-0.39, 0.29) is 5.91 Å². The molecule has 0 aromatic heterocycles. The Hall–Kier alpha value is -2.79. The third kappa shape index (κ3) is 6.09. The summed E-state index contributed by atoms with van der Waals surface area (Å²) in [5, 5.41) is 2.90. The molecule has 2 aromatic carbocycles. The van der Waals surface area contributed by atoms with Crippen LogP contribution in [0.3, 0.4) is 0 Å². The molecule has 1 N–H and O–H groups in total. The van der Waals surface area contributed by atoms with Gasteiger partial charge in [-0.2, -0.15) is 0 Å².